The zero-order chi connectivity index (χ0) is 13.7. The van der Waals surface area contributed by atoms with Crippen LogP contribution in [0, 0.1) is 6.92 Å². The van der Waals surface area contributed by atoms with Crippen molar-refractivity contribution in [2.24, 2.45) is 0 Å². The summed E-state index contributed by atoms with van der Waals surface area (Å²) in [5, 5.41) is 3.49. The number of hydrogen-bond donors (Lipinski definition) is 1. The second kappa shape index (κ2) is 6.87. The lowest BCUT2D eigenvalue weighted by Gasteiger charge is -2.20. The SMILES string of the molecule is CCc1nc(C)ccc1OC(CNC1CC1)COC. The third kappa shape index (κ3) is 4.48. The van der Waals surface area contributed by atoms with Crippen molar-refractivity contribution in [2.75, 3.05) is 20.3 Å². The van der Waals surface area contributed by atoms with Gasteiger partial charge in [-0.3, -0.25) is 4.98 Å². The van der Waals surface area contributed by atoms with Gasteiger partial charge >= 0.3 is 0 Å². The molecule has 4 nitrogen and oxygen atoms in total. The Morgan fingerprint density at radius 2 is 2.21 bits per heavy atom. The number of aryl methyl sites for hydroxylation is 2. The molecule has 1 fully saturated rings. The summed E-state index contributed by atoms with van der Waals surface area (Å²) in [7, 11) is 1.71. The van der Waals surface area contributed by atoms with E-state index in [-0.39, 0.29) is 6.10 Å². The molecule has 1 unspecified atom stereocenters. The number of rotatable bonds is 8. The van der Waals surface area contributed by atoms with Crippen molar-refractivity contribution >= 4 is 0 Å². The van der Waals surface area contributed by atoms with Crippen LogP contribution in [0.25, 0.3) is 0 Å². The number of aromatic nitrogens is 1. The first-order chi connectivity index (χ1) is 9.22. The van der Waals surface area contributed by atoms with Crippen molar-refractivity contribution in [3.8, 4) is 5.75 Å². The van der Waals surface area contributed by atoms with Gasteiger partial charge in [0, 0.05) is 25.4 Å². The Balaban J connectivity index is 1.97. The van der Waals surface area contributed by atoms with Crippen LogP contribution < -0.4 is 10.1 Å². The quantitative estimate of drug-likeness (QED) is 0.781. The van der Waals surface area contributed by atoms with Gasteiger partial charge in [0.25, 0.3) is 0 Å². The summed E-state index contributed by atoms with van der Waals surface area (Å²) >= 11 is 0. The number of pyridine rings is 1. The van der Waals surface area contributed by atoms with Crippen LogP contribution in [-0.2, 0) is 11.2 Å². The van der Waals surface area contributed by atoms with Crippen LogP contribution in [0.4, 0.5) is 0 Å². The van der Waals surface area contributed by atoms with E-state index >= 15 is 0 Å². The monoisotopic (exact) mass is 264 g/mol. The van der Waals surface area contributed by atoms with E-state index in [0.29, 0.717) is 12.6 Å². The summed E-state index contributed by atoms with van der Waals surface area (Å²) in [5.74, 6) is 0.882. The van der Waals surface area contributed by atoms with E-state index in [9.17, 15) is 0 Å². The molecule has 1 aliphatic carbocycles. The molecule has 106 valence electrons. The molecule has 1 aromatic rings. The Morgan fingerprint density at radius 1 is 1.42 bits per heavy atom. The highest BCUT2D eigenvalue weighted by atomic mass is 16.5. The van der Waals surface area contributed by atoms with Crippen molar-refractivity contribution in [3.05, 3.63) is 23.5 Å². The Bertz CT molecular complexity index is 405. The fourth-order valence-electron chi connectivity index (χ4n) is 2.04. The molecule has 0 saturated heterocycles. The first kappa shape index (κ1) is 14.3. The van der Waals surface area contributed by atoms with Gasteiger partial charge < -0.3 is 14.8 Å². The molecule has 1 aromatic heterocycles. The highest BCUT2D eigenvalue weighted by molar-refractivity contribution is 5.29. The minimum atomic E-state index is 0.0420. The number of ether oxygens (including phenoxy) is 2. The molecule has 1 N–H and O–H groups in total. The van der Waals surface area contributed by atoms with Gasteiger partial charge in [0.1, 0.15) is 11.9 Å². The van der Waals surface area contributed by atoms with Crippen LogP contribution in [0.1, 0.15) is 31.2 Å². The first-order valence-corrected chi connectivity index (χ1v) is 7.08. The van der Waals surface area contributed by atoms with Gasteiger partial charge in [0.15, 0.2) is 0 Å². The maximum atomic E-state index is 6.06. The molecule has 0 radical (unpaired) electrons. The number of nitrogens with zero attached hydrogens (tertiary/aromatic N) is 1. The van der Waals surface area contributed by atoms with E-state index < -0.39 is 0 Å². The van der Waals surface area contributed by atoms with Crippen molar-refractivity contribution in [1.82, 2.24) is 10.3 Å². The molecule has 1 aliphatic rings. The normalized spacial score (nSPS) is 16.4. The Hall–Kier alpha value is -1.13. The second-order valence-electron chi connectivity index (χ2n) is 5.13. The fraction of sp³-hybridized carbons (Fsp3) is 0.667. The minimum Gasteiger partial charge on any atom is -0.485 e. The van der Waals surface area contributed by atoms with Gasteiger partial charge in [-0.25, -0.2) is 0 Å². The highest BCUT2D eigenvalue weighted by Crippen LogP contribution is 2.21. The molecular formula is C15H24N2O2. The van der Waals surface area contributed by atoms with Crippen LogP contribution in [-0.4, -0.2) is 37.4 Å². The van der Waals surface area contributed by atoms with Gasteiger partial charge in [-0.05, 0) is 38.3 Å². The average molecular weight is 264 g/mol. The Morgan fingerprint density at radius 3 is 2.84 bits per heavy atom. The molecular weight excluding hydrogens is 240 g/mol. The second-order valence-corrected chi connectivity index (χ2v) is 5.13. The highest BCUT2D eigenvalue weighted by Gasteiger charge is 2.22. The van der Waals surface area contributed by atoms with E-state index in [4.69, 9.17) is 9.47 Å². The lowest BCUT2D eigenvalue weighted by molar-refractivity contribution is 0.0794. The van der Waals surface area contributed by atoms with Gasteiger partial charge in [-0.15, -0.1) is 0 Å². The van der Waals surface area contributed by atoms with Gasteiger partial charge in [0.05, 0.1) is 12.3 Å². The molecule has 0 aromatic carbocycles. The van der Waals surface area contributed by atoms with Crippen molar-refractivity contribution in [3.63, 3.8) is 0 Å². The predicted octanol–water partition coefficient (Wildman–Crippen LogP) is 2.10. The molecule has 0 spiro atoms. The summed E-state index contributed by atoms with van der Waals surface area (Å²) in [5.41, 5.74) is 2.05. The summed E-state index contributed by atoms with van der Waals surface area (Å²) < 4.78 is 11.3. The predicted molar refractivity (Wildman–Crippen MR) is 75.7 cm³/mol. The average Bonchev–Trinajstić information content (AvgIpc) is 3.22. The minimum absolute atomic E-state index is 0.0420. The summed E-state index contributed by atoms with van der Waals surface area (Å²) in [6.07, 6.45) is 3.49. The maximum Gasteiger partial charge on any atom is 0.141 e. The molecule has 0 aliphatic heterocycles. The third-order valence-electron chi connectivity index (χ3n) is 3.26. The molecule has 19 heavy (non-hydrogen) atoms. The molecule has 0 bridgehead atoms. The third-order valence-corrected chi connectivity index (χ3v) is 3.26. The summed E-state index contributed by atoms with van der Waals surface area (Å²) in [4.78, 5) is 4.53. The standard InChI is InChI=1S/C15H24N2O2/c1-4-14-15(8-5-11(2)17-14)19-13(10-18-3)9-16-12-6-7-12/h5,8,12-13,16H,4,6-7,9-10H2,1-3H3. The first-order valence-electron chi connectivity index (χ1n) is 7.08. The Kier molecular flexibility index (Phi) is 5.16. The van der Waals surface area contributed by atoms with Gasteiger partial charge in [0.2, 0.25) is 0 Å². The van der Waals surface area contributed by atoms with E-state index in [1.807, 2.05) is 19.1 Å². The lowest BCUT2D eigenvalue weighted by Crippen LogP contribution is -2.36. The Labute approximate surface area is 115 Å². The molecule has 4 heteroatoms. The van der Waals surface area contributed by atoms with Crippen LogP contribution in [0.5, 0.6) is 5.75 Å². The van der Waals surface area contributed by atoms with Crippen molar-refractivity contribution in [1.29, 1.82) is 0 Å². The number of methoxy groups -OCH3 is 1. The van der Waals surface area contributed by atoms with Crippen LogP contribution >= 0.6 is 0 Å². The summed E-state index contributed by atoms with van der Waals surface area (Å²) in [6.45, 7) is 5.53. The lowest BCUT2D eigenvalue weighted by atomic mass is 10.2. The smallest absolute Gasteiger partial charge is 0.141 e. The largest absolute Gasteiger partial charge is 0.485 e. The summed E-state index contributed by atoms with van der Waals surface area (Å²) in [6, 6.07) is 4.69. The fourth-order valence-corrected chi connectivity index (χ4v) is 2.04. The molecule has 1 atom stereocenters. The van der Waals surface area contributed by atoms with Crippen LogP contribution in [0.2, 0.25) is 0 Å². The molecule has 1 heterocycles. The molecule has 0 amide bonds. The number of hydrogen-bond acceptors (Lipinski definition) is 4. The van der Waals surface area contributed by atoms with E-state index in [1.54, 1.807) is 7.11 Å². The molecule has 1 saturated carbocycles. The molecule has 2 rings (SSSR count). The number of nitrogens with one attached hydrogen (secondary N) is 1. The van der Waals surface area contributed by atoms with Gasteiger partial charge in [-0.2, -0.15) is 0 Å². The van der Waals surface area contributed by atoms with Gasteiger partial charge in [-0.1, -0.05) is 6.92 Å². The van der Waals surface area contributed by atoms with Crippen LogP contribution in [0.3, 0.4) is 0 Å². The zero-order valence-electron chi connectivity index (χ0n) is 12.1. The van der Waals surface area contributed by atoms with Crippen molar-refractivity contribution in [2.45, 2.75) is 45.3 Å². The topological polar surface area (TPSA) is 43.4 Å². The zero-order valence-corrected chi connectivity index (χ0v) is 12.1. The van der Waals surface area contributed by atoms with E-state index in [0.717, 1.165) is 30.1 Å². The van der Waals surface area contributed by atoms with E-state index in [1.165, 1.54) is 12.8 Å². The van der Waals surface area contributed by atoms with Crippen molar-refractivity contribution < 1.29 is 9.47 Å². The van der Waals surface area contributed by atoms with Crippen LogP contribution in [0.15, 0.2) is 12.1 Å². The van der Waals surface area contributed by atoms with E-state index in [2.05, 4.69) is 17.2 Å². The maximum absolute atomic E-state index is 6.06.